The molecule has 1 aromatic carbocycles. The molecule has 0 saturated heterocycles. The van der Waals surface area contributed by atoms with Crippen LogP contribution in [0.5, 0.6) is 0 Å². The predicted octanol–water partition coefficient (Wildman–Crippen LogP) is 5.31. The van der Waals surface area contributed by atoms with Crippen molar-refractivity contribution in [2.75, 3.05) is 5.73 Å². The van der Waals surface area contributed by atoms with Crippen molar-refractivity contribution in [3.63, 3.8) is 0 Å². The third-order valence-electron chi connectivity index (χ3n) is 5.38. The lowest BCUT2D eigenvalue weighted by molar-refractivity contribution is 0.0697. The number of furan rings is 1. The molecule has 0 aliphatic heterocycles. The molecule has 2 heterocycles. The maximum Gasteiger partial charge on any atom is 0.337 e. The van der Waals surface area contributed by atoms with Crippen LogP contribution in [0.3, 0.4) is 0 Å². The number of allylic oxidation sites excluding steroid dienone is 3. The molecule has 0 radical (unpaired) electrons. The highest BCUT2D eigenvalue weighted by atomic mass is 35.5. The molecule has 1 aliphatic carbocycles. The molecule has 1 aliphatic rings. The molecule has 0 bridgehead atoms. The number of aromatic carboxylic acids is 1. The molecular weight excluding hydrogens is 428 g/mol. The third kappa shape index (κ3) is 3.22. The van der Waals surface area contributed by atoms with Crippen LogP contribution < -0.4 is 5.73 Å². The fourth-order valence-corrected chi connectivity index (χ4v) is 4.03. The molecule has 0 saturated carbocycles. The maximum atomic E-state index is 11.2. The second kappa shape index (κ2) is 7.73. The van der Waals surface area contributed by atoms with Gasteiger partial charge in [-0.3, -0.25) is 0 Å². The molecule has 0 unspecified atom stereocenters. The summed E-state index contributed by atoms with van der Waals surface area (Å²) in [4.78, 5) is 15.5. The second-order valence-electron chi connectivity index (χ2n) is 7.20. The Morgan fingerprint density at radius 2 is 1.97 bits per heavy atom. The SMILES string of the molecule is CC1=C(C#N)c2nc(N)c(C#N)c(C)c2/C1=C/c1ccc(-c2ccc(C(=O)O)c(Cl)c2)o1. The zero-order valence-electron chi connectivity index (χ0n) is 17.0. The van der Waals surface area contributed by atoms with E-state index in [1.165, 1.54) is 12.1 Å². The summed E-state index contributed by atoms with van der Waals surface area (Å²) in [6, 6.07) is 12.3. The number of halogens is 1. The standard InChI is InChI=1S/C24H15ClN4O3/c1-11-16(21-12(2)18(10-27)23(28)29-22(21)17(11)9-26)8-14-4-6-20(32-14)13-3-5-15(24(30)31)19(25)7-13/h3-8H,1-2H3,(H2,28,29)(H,30,31)/b16-8+. The van der Waals surface area contributed by atoms with Crippen molar-refractivity contribution < 1.29 is 14.3 Å². The molecular formula is C24H15ClN4O3. The average Bonchev–Trinajstić information content (AvgIpc) is 3.31. The molecule has 156 valence electrons. The summed E-state index contributed by atoms with van der Waals surface area (Å²) in [5, 5.41) is 28.4. The monoisotopic (exact) mass is 442 g/mol. The Bertz CT molecular complexity index is 1470. The highest BCUT2D eigenvalue weighted by Crippen LogP contribution is 2.44. The van der Waals surface area contributed by atoms with Crippen molar-refractivity contribution >= 4 is 40.6 Å². The molecule has 2 aromatic heterocycles. The number of pyridine rings is 1. The number of benzene rings is 1. The highest BCUT2D eigenvalue weighted by Gasteiger charge is 2.30. The van der Waals surface area contributed by atoms with Crippen molar-refractivity contribution in [2.24, 2.45) is 0 Å². The van der Waals surface area contributed by atoms with Gasteiger partial charge in [0.1, 0.15) is 29.5 Å². The number of fused-ring (bicyclic) bond motifs is 1. The van der Waals surface area contributed by atoms with E-state index in [0.717, 1.165) is 5.57 Å². The van der Waals surface area contributed by atoms with Crippen LogP contribution in [0.2, 0.25) is 5.02 Å². The Morgan fingerprint density at radius 1 is 1.22 bits per heavy atom. The van der Waals surface area contributed by atoms with E-state index in [9.17, 15) is 15.3 Å². The van der Waals surface area contributed by atoms with E-state index < -0.39 is 5.97 Å². The Kier molecular flexibility index (Phi) is 5.06. The van der Waals surface area contributed by atoms with Gasteiger partial charge < -0.3 is 15.3 Å². The summed E-state index contributed by atoms with van der Waals surface area (Å²) in [6.45, 7) is 3.58. The minimum atomic E-state index is -1.11. The van der Waals surface area contributed by atoms with Gasteiger partial charge in [0.05, 0.1) is 27.4 Å². The number of nitrogen functional groups attached to an aromatic ring is 1. The zero-order valence-corrected chi connectivity index (χ0v) is 17.8. The van der Waals surface area contributed by atoms with E-state index in [2.05, 4.69) is 17.1 Å². The first-order valence-electron chi connectivity index (χ1n) is 9.43. The van der Waals surface area contributed by atoms with Gasteiger partial charge in [0.15, 0.2) is 0 Å². The van der Waals surface area contributed by atoms with Crippen molar-refractivity contribution in [1.82, 2.24) is 4.98 Å². The maximum absolute atomic E-state index is 11.2. The Morgan fingerprint density at radius 3 is 2.59 bits per heavy atom. The number of nitrogens with two attached hydrogens (primary N) is 1. The Balaban J connectivity index is 1.82. The molecule has 3 aromatic rings. The lowest BCUT2D eigenvalue weighted by Gasteiger charge is -2.10. The summed E-state index contributed by atoms with van der Waals surface area (Å²) in [5.74, 6) is -0.00989. The van der Waals surface area contributed by atoms with Gasteiger partial charge in [-0.1, -0.05) is 17.7 Å². The first-order valence-corrected chi connectivity index (χ1v) is 9.81. The number of hydrogen-bond donors (Lipinski definition) is 2. The van der Waals surface area contributed by atoms with Gasteiger partial charge in [0.2, 0.25) is 0 Å². The molecule has 0 spiro atoms. The number of carbonyl (C=O) groups is 1. The number of rotatable bonds is 3. The summed E-state index contributed by atoms with van der Waals surface area (Å²) >= 11 is 6.07. The molecule has 7 nitrogen and oxygen atoms in total. The van der Waals surface area contributed by atoms with Crippen LogP contribution in [-0.4, -0.2) is 16.1 Å². The number of hydrogen-bond acceptors (Lipinski definition) is 6. The third-order valence-corrected chi connectivity index (χ3v) is 5.69. The van der Waals surface area contributed by atoms with Gasteiger partial charge in [-0.25, -0.2) is 9.78 Å². The summed E-state index contributed by atoms with van der Waals surface area (Å²) in [5.41, 5.74) is 10.4. The van der Waals surface area contributed by atoms with Crippen molar-refractivity contribution in [3.8, 4) is 23.5 Å². The van der Waals surface area contributed by atoms with Crippen LogP contribution in [0.15, 0.2) is 40.3 Å². The lowest BCUT2D eigenvalue weighted by Crippen LogP contribution is -2.03. The molecule has 4 rings (SSSR count). The Hall–Kier alpha value is -4.33. The largest absolute Gasteiger partial charge is 0.478 e. The van der Waals surface area contributed by atoms with Crippen LogP contribution in [0.25, 0.3) is 28.5 Å². The van der Waals surface area contributed by atoms with E-state index in [-0.39, 0.29) is 22.0 Å². The van der Waals surface area contributed by atoms with Crippen molar-refractivity contribution in [2.45, 2.75) is 13.8 Å². The fourth-order valence-electron chi connectivity index (χ4n) is 3.77. The van der Waals surface area contributed by atoms with Gasteiger partial charge in [0, 0.05) is 11.1 Å². The molecule has 3 N–H and O–H groups in total. The van der Waals surface area contributed by atoms with Gasteiger partial charge in [-0.15, -0.1) is 0 Å². The topological polar surface area (TPSA) is 137 Å². The molecule has 32 heavy (non-hydrogen) atoms. The average molecular weight is 443 g/mol. The zero-order chi connectivity index (χ0) is 23.2. The van der Waals surface area contributed by atoms with E-state index in [0.29, 0.717) is 45.1 Å². The minimum Gasteiger partial charge on any atom is -0.478 e. The van der Waals surface area contributed by atoms with E-state index in [4.69, 9.17) is 26.9 Å². The molecule has 0 atom stereocenters. The van der Waals surface area contributed by atoms with Gasteiger partial charge in [0.25, 0.3) is 0 Å². The van der Waals surface area contributed by atoms with Crippen LogP contribution >= 0.6 is 11.6 Å². The van der Waals surface area contributed by atoms with Gasteiger partial charge >= 0.3 is 5.97 Å². The fraction of sp³-hybridized carbons (Fsp3) is 0.0833. The summed E-state index contributed by atoms with van der Waals surface area (Å²) < 4.78 is 5.94. The molecule has 0 fully saturated rings. The first kappa shape index (κ1) is 20.9. The van der Waals surface area contributed by atoms with Crippen LogP contribution in [0, 0.1) is 29.6 Å². The quantitative estimate of drug-likeness (QED) is 0.560. The second-order valence-corrected chi connectivity index (χ2v) is 7.61. The number of nitrogens with zero attached hydrogens (tertiary/aromatic N) is 3. The lowest BCUT2D eigenvalue weighted by atomic mass is 9.96. The van der Waals surface area contributed by atoms with Gasteiger partial charge in [-0.2, -0.15) is 10.5 Å². The highest BCUT2D eigenvalue weighted by molar-refractivity contribution is 6.33. The summed E-state index contributed by atoms with van der Waals surface area (Å²) in [7, 11) is 0. The van der Waals surface area contributed by atoms with Crippen LogP contribution in [0.1, 0.15) is 45.4 Å². The first-order chi connectivity index (χ1) is 15.3. The number of carboxylic acids is 1. The number of anilines is 1. The number of aromatic nitrogens is 1. The molecule has 8 heteroatoms. The van der Waals surface area contributed by atoms with Crippen molar-refractivity contribution in [3.05, 3.63) is 74.6 Å². The van der Waals surface area contributed by atoms with Crippen LogP contribution in [-0.2, 0) is 0 Å². The smallest absolute Gasteiger partial charge is 0.337 e. The normalized spacial score (nSPS) is 13.7. The Labute approximate surface area is 188 Å². The molecule has 0 amide bonds. The minimum absolute atomic E-state index is 0.00668. The summed E-state index contributed by atoms with van der Waals surface area (Å²) in [6.07, 6.45) is 1.78. The van der Waals surface area contributed by atoms with Crippen LogP contribution in [0.4, 0.5) is 5.82 Å². The number of carboxylic acid groups (broad SMARTS) is 1. The van der Waals surface area contributed by atoms with E-state index in [1.54, 1.807) is 31.2 Å². The van der Waals surface area contributed by atoms with E-state index >= 15 is 0 Å². The number of nitriles is 2. The van der Waals surface area contributed by atoms with Crippen molar-refractivity contribution in [1.29, 1.82) is 10.5 Å². The van der Waals surface area contributed by atoms with E-state index in [1.807, 2.05) is 6.92 Å². The predicted molar refractivity (Wildman–Crippen MR) is 120 cm³/mol. The van der Waals surface area contributed by atoms with Gasteiger partial charge in [-0.05, 0) is 60.9 Å².